The number of morpholine rings is 1. The van der Waals surface area contributed by atoms with Crippen LogP contribution in [0, 0.1) is 0 Å². The summed E-state index contributed by atoms with van der Waals surface area (Å²) in [5.74, 6) is 0. The standard InChI is InChI=1S/C20H20Cl2N4O/c1-2-18(26-7-9-27-10-8-26)20-19(15-5-3-4-6-23-15)24-16-11-13(21)14(22)12-17(16)25-20/h3-6,11-12,18H,2,7-10H2,1H3. The van der Waals surface area contributed by atoms with Crippen LogP contribution in [0.3, 0.4) is 0 Å². The van der Waals surface area contributed by atoms with Crippen molar-refractivity contribution in [3.05, 3.63) is 52.3 Å². The zero-order valence-corrected chi connectivity index (χ0v) is 16.5. The largest absolute Gasteiger partial charge is 0.379 e. The number of hydrogen-bond donors (Lipinski definition) is 0. The average molecular weight is 403 g/mol. The number of pyridine rings is 1. The van der Waals surface area contributed by atoms with E-state index < -0.39 is 0 Å². The van der Waals surface area contributed by atoms with E-state index in [0.717, 1.165) is 55.3 Å². The molecule has 0 bridgehead atoms. The van der Waals surface area contributed by atoms with Crippen molar-refractivity contribution in [1.29, 1.82) is 0 Å². The SMILES string of the molecule is CCC(c1nc2cc(Cl)c(Cl)cc2nc1-c1ccccn1)N1CCOCC1. The molecule has 140 valence electrons. The minimum atomic E-state index is 0.136. The molecule has 1 aromatic carbocycles. The highest BCUT2D eigenvalue weighted by atomic mass is 35.5. The molecular formula is C20H20Cl2N4O. The number of nitrogens with zero attached hydrogens (tertiary/aromatic N) is 4. The molecule has 4 rings (SSSR count). The van der Waals surface area contributed by atoms with Crippen LogP contribution in [0.15, 0.2) is 36.5 Å². The highest BCUT2D eigenvalue weighted by molar-refractivity contribution is 6.42. The third-order valence-electron chi connectivity index (χ3n) is 4.83. The molecule has 3 aromatic rings. The van der Waals surface area contributed by atoms with Crippen LogP contribution < -0.4 is 0 Å². The van der Waals surface area contributed by atoms with Crippen LogP contribution in [0.2, 0.25) is 10.0 Å². The fourth-order valence-corrected chi connectivity index (χ4v) is 3.82. The Kier molecular flexibility index (Phi) is 5.55. The average Bonchev–Trinajstić information content (AvgIpc) is 2.71. The molecule has 0 radical (unpaired) electrons. The van der Waals surface area contributed by atoms with Gasteiger partial charge in [-0.3, -0.25) is 9.88 Å². The van der Waals surface area contributed by atoms with Gasteiger partial charge in [-0.1, -0.05) is 36.2 Å². The Labute approximate surface area is 168 Å². The molecule has 7 heteroatoms. The molecule has 1 aliphatic rings. The van der Waals surface area contributed by atoms with Crippen LogP contribution in [-0.2, 0) is 4.74 Å². The Morgan fingerprint density at radius 2 is 1.78 bits per heavy atom. The Balaban J connectivity index is 1.91. The summed E-state index contributed by atoms with van der Waals surface area (Å²) in [6.45, 7) is 5.39. The van der Waals surface area contributed by atoms with Gasteiger partial charge in [0.05, 0.1) is 51.7 Å². The number of fused-ring (bicyclic) bond motifs is 1. The monoisotopic (exact) mass is 402 g/mol. The van der Waals surface area contributed by atoms with E-state index in [0.29, 0.717) is 15.6 Å². The summed E-state index contributed by atoms with van der Waals surface area (Å²) in [5, 5.41) is 0.952. The molecule has 0 aliphatic carbocycles. The van der Waals surface area contributed by atoms with Gasteiger partial charge in [0.2, 0.25) is 0 Å². The second-order valence-electron chi connectivity index (χ2n) is 6.50. The second kappa shape index (κ2) is 8.07. The number of ether oxygens (including phenoxy) is 1. The molecule has 0 N–H and O–H groups in total. The van der Waals surface area contributed by atoms with Crippen molar-refractivity contribution in [2.24, 2.45) is 0 Å². The summed E-state index contributed by atoms with van der Waals surface area (Å²) in [6.07, 6.45) is 2.69. The van der Waals surface area contributed by atoms with E-state index in [-0.39, 0.29) is 6.04 Å². The maximum Gasteiger partial charge on any atom is 0.112 e. The van der Waals surface area contributed by atoms with E-state index in [1.54, 1.807) is 18.3 Å². The molecule has 0 spiro atoms. The smallest absolute Gasteiger partial charge is 0.112 e. The summed E-state index contributed by atoms with van der Waals surface area (Å²) in [5.41, 5.74) is 3.97. The number of rotatable bonds is 4. The van der Waals surface area contributed by atoms with Crippen molar-refractivity contribution >= 4 is 34.2 Å². The lowest BCUT2D eigenvalue weighted by Crippen LogP contribution is -2.39. The Hall–Kier alpha value is -1.79. The van der Waals surface area contributed by atoms with Crippen molar-refractivity contribution < 1.29 is 4.74 Å². The summed E-state index contributed by atoms with van der Waals surface area (Å²) < 4.78 is 5.52. The number of benzene rings is 1. The first kappa shape index (κ1) is 18.6. The molecule has 27 heavy (non-hydrogen) atoms. The van der Waals surface area contributed by atoms with Gasteiger partial charge >= 0.3 is 0 Å². The fourth-order valence-electron chi connectivity index (χ4n) is 3.50. The first-order chi connectivity index (χ1) is 13.2. The minimum absolute atomic E-state index is 0.136. The van der Waals surface area contributed by atoms with E-state index >= 15 is 0 Å². The van der Waals surface area contributed by atoms with Crippen LogP contribution in [-0.4, -0.2) is 46.2 Å². The summed E-state index contributed by atoms with van der Waals surface area (Å²) in [7, 11) is 0. The lowest BCUT2D eigenvalue weighted by atomic mass is 10.0. The van der Waals surface area contributed by atoms with Gasteiger partial charge in [-0.25, -0.2) is 9.97 Å². The predicted molar refractivity (Wildman–Crippen MR) is 108 cm³/mol. The summed E-state index contributed by atoms with van der Waals surface area (Å²) in [6, 6.07) is 9.50. The first-order valence-electron chi connectivity index (χ1n) is 9.07. The molecule has 5 nitrogen and oxygen atoms in total. The van der Waals surface area contributed by atoms with Crippen LogP contribution in [0.25, 0.3) is 22.4 Å². The normalized spacial score (nSPS) is 16.6. The van der Waals surface area contributed by atoms with Gasteiger partial charge in [-0.15, -0.1) is 0 Å². The van der Waals surface area contributed by atoms with Gasteiger partial charge in [0.25, 0.3) is 0 Å². The second-order valence-corrected chi connectivity index (χ2v) is 7.31. The van der Waals surface area contributed by atoms with Gasteiger partial charge in [0.1, 0.15) is 5.69 Å². The quantitative estimate of drug-likeness (QED) is 0.628. The Bertz CT molecular complexity index is 946. The Morgan fingerprint density at radius 1 is 1.07 bits per heavy atom. The van der Waals surface area contributed by atoms with E-state index in [1.165, 1.54) is 0 Å². The van der Waals surface area contributed by atoms with Crippen LogP contribution in [0.1, 0.15) is 25.1 Å². The van der Waals surface area contributed by atoms with Crippen molar-refractivity contribution in [1.82, 2.24) is 19.9 Å². The fraction of sp³-hybridized carbons (Fsp3) is 0.350. The lowest BCUT2D eigenvalue weighted by molar-refractivity contribution is 0.0145. The highest BCUT2D eigenvalue weighted by Gasteiger charge is 2.27. The first-order valence-corrected chi connectivity index (χ1v) is 9.83. The van der Waals surface area contributed by atoms with Gasteiger partial charge < -0.3 is 4.74 Å². The predicted octanol–water partition coefficient (Wildman–Crippen LogP) is 4.78. The highest BCUT2D eigenvalue weighted by Crippen LogP contribution is 2.34. The zero-order chi connectivity index (χ0) is 18.8. The van der Waals surface area contributed by atoms with Gasteiger partial charge in [-0.2, -0.15) is 0 Å². The maximum absolute atomic E-state index is 6.22. The van der Waals surface area contributed by atoms with Crippen LogP contribution in [0.5, 0.6) is 0 Å². The molecule has 1 atom stereocenters. The molecule has 1 aliphatic heterocycles. The molecular weight excluding hydrogens is 383 g/mol. The zero-order valence-electron chi connectivity index (χ0n) is 15.0. The Morgan fingerprint density at radius 3 is 2.41 bits per heavy atom. The molecule has 2 aromatic heterocycles. The molecule has 0 amide bonds. The lowest BCUT2D eigenvalue weighted by Gasteiger charge is -2.34. The molecule has 1 saturated heterocycles. The van der Waals surface area contributed by atoms with Crippen molar-refractivity contribution in [3.63, 3.8) is 0 Å². The third kappa shape index (κ3) is 3.78. The molecule has 3 heterocycles. The van der Waals surface area contributed by atoms with Gasteiger partial charge in [0.15, 0.2) is 0 Å². The topological polar surface area (TPSA) is 51.1 Å². The van der Waals surface area contributed by atoms with Crippen molar-refractivity contribution in [3.8, 4) is 11.4 Å². The number of hydrogen-bond acceptors (Lipinski definition) is 5. The number of halogens is 2. The minimum Gasteiger partial charge on any atom is -0.379 e. The number of aromatic nitrogens is 3. The van der Waals surface area contributed by atoms with E-state index in [2.05, 4.69) is 16.8 Å². The van der Waals surface area contributed by atoms with Gasteiger partial charge in [0, 0.05) is 19.3 Å². The van der Waals surface area contributed by atoms with Gasteiger partial charge in [-0.05, 0) is 30.7 Å². The molecule has 0 saturated carbocycles. The summed E-state index contributed by atoms with van der Waals surface area (Å²) in [4.78, 5) is 16.8. The molecule has 1 unspecified atom stereocenters. The maximum atomic E-state index is 6.22. The van der Waals surface area contributed by atoms with Crippen LogP contribution >= 0.6 is 23.2 Å². The van der Waals surface area contributed by atoms with E-state index in [9.17, 15) is 0 Å². The van der Waals surface area contributed by atoms with Crippen LogP contribution in [0.4, 0.5) is 0 Å². The van der Waals surface area contributed by atoms with E-state index in [1.807, 2.05) is 18.2 Å². The molecule has 1 fully saturated rings. The third-order valence-corrected chi connectivity index (χ3v) is 5.55. The van der Waals surface area contributed by atoms with E-state index in [4.69, 9.17) is 37.9 Å². The van der Waals surface area contributed by atoms with Crippen molar-refractivity contribution in [2.45, 2.75) is 19.4 Å². The summed E-state index contributed by atoms with van der Waals surface area (Å²) >= 11 is 12.4. The van der Waals surface area contributed by atoms with Crippen molar-refractivity contribution in [2.75, 3.05) is 26.3 Å².